The monoisotopic (exact) mass is 374 g/mol. The molecule has 5 N–H and O–H groups in total. The largest absolute Gasteiger partial charge is 0.378 e. The fourth-order valence-corrected chi connectivity index (χ4v) is 4.57. The SMILES string of the molecule is NCCOCCOCCNC(=O)CCCCC1SC[C@@H]2NC(=O)N[C@H]12. The van der Waals surface area contributed by atoms with Gasteiger partial charge in [-0.2, -0.15) is 11.8 Å². The standard InChI is InChI=1S/C16H30N4O4S/c17-5-7-23-9-10-24-8-6-18-14(21)4-2-1-3-13-15-12(11-25-13)19-16(22)20-15/h12-13,15H,1-11,17H2,(H,18,21)(H2,19,20,22)/t12-,13?,15-/m0/s1. The Labute approximate surface area is 153 Å². The van der Waals surface area contributed by atoms with Gasteiger partial charge in [-0.15, -0.1) is 0 Å². The van der Waals surface area contributed by atoms with Crippen LogP contribution in [-0.2, 0) is 14.3 Å². The van der Waals surface area contributed by atoms with Crippen LogP contribution >= 0.6 is 11.8 Å². The van der Waals surface area contributed by atoms with Crippen LogP contribution in [-0.4, -0.2) is 74.5 Å². The van der Waals surface area contributed by atoms with Gasteiger partial charge in [0.1, 0.15) is 0 Å². The molecule has 0 saturated carbocycles. The highest BCUT2D eigenvalue weighted by Crippen LogP contribution is 2.33. The van der Waals surface area contributed by atoms with E-state index in [2.05, 4.69) is 16.0 Å². The van der Waals surface area contributed by atoms with E-state index in [1.807, 2.05) is 11.8 Å². The van der Waals surface area contributed by atoms with Crippen molar-refractivity contribution in [1.29, 1.82) is 0 Å². The van der Waals surface area contributed by atoms with Crippen molar-refractivity contribution < 1.29 is 19.1 Å². The fourth-order valence-electron chi connectivity index (χ4n) is 3.03. The van der Waals surface area contributed by atoms with Gasteiger partial charge in [0.05, 0.1) is 38.5 Å². The highest BCUT2D eigenvalue weighted by Gasteiger charge is 2.42. The zero-order chi connectivity index (χ0) is 17.9. The Morgan fingerprint density at radius 3 is 2.80 bits per heavy atom. The molecule has 2 rings (SSSR count). The van der Waals surface area contributed by atoms with Crippen LogP contribution in [0, 0.1) is 0 Å². The lowest BCUT2D eigenvalue weighted by molar-refractivity contribution is -0.121. The van der Waals surface area contributed by atoms with Crippen LogP contribution < -0.4 is 21.7 Å². The molecular formula is C16H30N4O4S. The van der Waals surface area contributed by atoms with Crippen LogP contribution in [0.5, 0.6) is 0 Å². The molecule has 2 heterocycles. The lowest BCUT2D eigenvalue weighted by atomic mass is 10.0. The zero-order valence-electron chi connectivity index (χ0n) is 14.6. The Kier molecular flexibility index (Phi) is 9.38. The van der Waals surface area contributed by atoms with Gasteiger partial charge in [0.25, 0.3) is 0 Å². The number of urea groups is 1. The summed E-state index contributed by atoms with van der Waals surface area (Å²) in [6.45, 7) is 3.12. The van der Waals surface area contributed by atoms with E-state index in [4.69, 9.17) is 15.2 Å². The lowest BCUT2D eigenvalue weighted by Crippen LogP contribution is -2.36. The summed E-state index contributed by atoms with van der Waals surface area (Å²) in [7, 11) is 0. The molecule has 9 heteroatoms. The number of carbonyl (C=O) groups is 2. The molecular weight excluding hydrogens is 344 g/mol. The van der Waals surface area contributed by atoms with Crippen molar-refractivity contribution in [3.63, 3.8) is 0 Å². The summed E-state index contributed by atoms with van der Waals surface area (Å²) in [5.74, 6) is 1.04. The van der Waals surface area contributed by atoms with Crippen molar-refractivity contribution in [1.82, 2.24) is 16.0 Å². The number of fused-ring (bicyclic) bond motifs is 1. The number of rotatable bonds is 13. The third-order valence-corrected chi connectivity index (χ3v) is 5.79. The molecule has 2 saturated heterocycles. The van der Waals surface area contributed by atoms with Crippen LogP contribution in [0.25, 0.3) is 0 Å². The topological polar surface area (TPSA) is 115 Å². The maximum Gasteiger partial charge on any atom is 0.315 e. The second-order valence-corrected chi connectivity index (χ2v) is 7.50. The Bertz CT molecular complexity index is 427. The van der Waals surface area contributed by atoms with Gasteiger partial charge in [-0.25, -0.2) is 4.79 Å². The van der Waals surface area contributed by atoms with E-state index in [-0.39, 0.29) is 24.0 Å². The number of unbranched alkanes of at least 4 members (excludes halogenated alkanes) is 1. The molecule has 0 aromatic carbocycles. The molecule has 3 atom stereocenters. The number of amides is 3. The van der Waals surface area contributed by atoms with Gasteiger partial charge in [0, 0.05) is 30.5 Å². The molecule has 2 fully saturated rings. The second-order valence-electron chi connectivity index (χ2n) is 6.23. The van der Waals surface area contributed by atoms with Crippen molar-refractivity contribution >= 4 is 23.7 Å². The number of hydrogen-bond acceptors (Lipinski definition) is 6. The zero-order valence-corrected chi connectivity index (χ0v) is 15.4. The first-order valence-corrected chi connectivity index (χ1v) is 10.1. The average Bonchev–Trinajstić information content (AvgIpc) is 3.13. The summed E-state index contributed by atoms with van der Waals surface area (Å²) < 4.78 is 10.5. The van der Waals surface area contributed by atoms with E-state index in [1.54, 1.807) is 0 Å². The highest BCUT2D eigenvalue weighted by molar-refractivity contribution is 8.00. The van der Waals surface area contributed by atoms with E-state index in [9.17, 15) is 9.59 Å². The predicted molar refractivity (Wildman–Crippen MR) is 97.7 cm³/mol. The van der Waals surface area contributed by atoms with Crippen LogP contribution in [0.4, 0.5) is 4.79 Å². The van der Waals surface area contributed by atoms with Crippen LogP contribution in [0.15, 0.2) is 0 Å². The molecule has 8 nitrogen and oxygen atoms in total. The molecule has 0 aromatic rings. The molecule has 0 aliphatic carbocycles. The van der Waals surface area contributed by atoms with Gasteiger partial charge >= 0.3 is 6.03 Å². The van der Waals surface area contributed by atoms with Gasteiger partial charge in [-0.1, -0.05) is 6.42 Å². The highest BCUT2D eigenvalue weighted by atomic mass is 32.2. The first kappa shape index (κ1) is 20.3. The molecule has 0 bridgehead atoms. The molecule has 25 heavy (non-hydrogen) atoms. The molecule has 3 amide bonds. The van der Waals surface area contributed by atoms with E-state index < -0.39 is 0 Å². The summed E-state index contributed by atoms with van der Waals surface area (Å²) in [6, 6.07) is 0.469. The van der Waals surface area contributed by atoms with Gasteiger partial charge in [-0.3, -0.25) is 4.79 Å². The van der Waals surface area contributed by atoms with Crippen molar-refractivity contribution in [3.8, 4) is 0 Å². The first-order chi connectivity index (χ1) is 12.2. The quantitative estimate of drug-likeness (QED) is 0.263. The fraction of sp³-hybridized carbons (Fsp3) is 0.875. The molecule has 2 aliphatic rings. The first-order valence-electron chi connectivity index (χ1n) is 9.01. The maximum absolute atomic E-state index is 11.8. The van der Waals surface area contributed by atoms with Crippen molar-refractivity contribution in [2.24, 2.45) is 5.73 Å². The molecule has 2 aliphatic heterocycles. The molecule has 144 valence electrons. The number of hydrogen-bond donors (Lipinski definition) is 4. The van der Waals surface area contributed by atoms with Gasteiger partial charge in [-0.05, 0) is 12.8 Å². The van der Waals surface area contributed by atoms with Crippen molar-refractivity contribution in [2.75, 3.05) is 45.3 Å². The van der Waals surface area contributed by atoms with Crippen LogP contribution in [0.1, 0.15) is 25.7 Å². The van der Waals surface area contributed by atoms with Crippen molar-refractivity contribution in [2.45, 2.75) is 43.0 Å². The maximum atomic E-state index is 11.8. The summed E-state index contributed by atoms with van der Waals surface area (Å²) in [6.07, 6.45) is 3.44. The third-order valence-electron chi connectivity index (χ3n) is 4.28. The van der Waals surface area contributed by atoms with Gasteiger partial charge in [0.2, 0.25) is 5.91 Å². The summed E-state index contributed by atoms with van der Waals surface area (Å²) in [5.41, 5.74) is 5.30. The Morgan fingerprint density at radius 2 is 2.00 bits per heavy atom. The van der Waals surface area contributed by atoms with Crippen molar-refractivity contribution in [3.05, 3.63) is 0 Å². The number of thioether (sulfide) groups is 1. The third kappa shape index (κ3) is 7.39. The smallest absolute Gasteiger partial charge is 0.315 e. The molecule has 0 aromatic heterocycles. The summed E-state index contributed by atoms with van der Waals surface area (Å²) in [4.78, 5) is 23.1. The van der Waals surface area contributed by atoms with E-state index in [0.717, 1.165) is 25.0 Å². The van der Waals surface area contributed by atoms with E-state index in [1.165, 1.54) is 0 Å². The lowest BCUT2D eigenvalue weighted by Gasteiger charge is -2.16. The molecule has 0 radical (unpaired) electrons. The predicted octanol–water partition coefficient (Wildman–Crippen LogP) is -0.180. The van der Waals surface area contributed by atoms with Crippen LogP contribution in [0.2, 0.25) is 0 Å². The van der Waals surface area contributed by atoms with Gasteiger partial charge < -0.3 is 31.2 Å². The van der Waals surface area contributed by atoms with Crippen LogP contribution in [0.3, 0.4) is 0 Å². The average molecular weight is 375 g/mol. The Balaban J connectivity index is 1.41. The number of nitrogens with two attached hydrogens (primary N) is 1. The summed E-state index contributed by atoms with van der Waals surface area (Å²) >= 11 is 1.91. The normalized spacial score (nSPS) is 24.7. The number of carbonyl (C=O) groups excluding carboxylic acids is 2. The summed E-state index contributed by atoms with van der Waals surface area (Å²) in [5, 5.41) is 9.25. The molecule has 0 spiro atoms. The number of ether oxygens (including phenoxy) is 2. The second kappa shape index (κ2) is 11.6. The number of nitrogens with one attached hydrogen (secondary N) is 3. The minimum Gasteiger partial charge on any atom is -0.378 e. The van der Waals surface area contributed by atoms with Gasteiger partial charge in [0.15, 0.2) is 0 Å². The Hall–Kier alpha value is -1.03. The minimum atomic E-state index is -0.0483. The minimum absolute atomic E-state index is 0.0483. The molecule has 1 unspecified atom stereocenters. The Morgan fingerprint density at radius 1 is 1.20 bits per heavy atom. The van der Waals surface area contributed by atoms with E-state index in [0.29, 0.717) is 51.2 Å². The van der Waals surface area contributed by atoms with E-state index >= 15 is 0 Å².